The van der Waals surface area contributed by atoms with E-state index in [1.807, 2.05) is 0 Å². The lowest BCUT2D eigenvalue weighted by molar-refractivity contribution is 0.0121. The van der Waals surface area contributed by atoms with Gasteiger partial charge in [0.15, 0.2) is 0 Å². The van der Waals surface area contributed by atoms with Gasteiger partial charge in [-0.15, -0.1) is 0 Å². The first kappa shape index (κ1) is 16.5. The van der Waals surface area contributed by atoms with Crippen LogP contribution in [-0.2, 0) is 10.2 Å². The highest BCUT2D eigenvalue weighted by atomic mass is 16.5. The molecule has 0 atom stereocenters. The van der Waals surface area contributed by atoms with Crippen LogP contribution in [0.1, 0.15) is 50.7 Å². The van der Waals surface area contributed by atoms with E-state index in [2.05, 4.69) is 50.4 Å². The van der Waals surface area contributed by atoms with Crippen LogP contribution in [0.2, 0.25) is 0 Å². The van der Waals surface area contributed by atoms with Crippen LogP contribution in [-0.4, -0.2) is 26.8 Å². The van der Waals surface area contributed by atoms with Crippen molar-refractivity contribution in [2.24, 2.45) is 5.41 Å². The second-order valence-corrected chi connectivity index (χ2v) is 6.88. The molecule has 1 saturated carbocycles. The van der Waals surface area contributed by atoms with E-state index >= 15 is 0 Å². The zero-order valence-electron chi connectivity index (χ0n) is 14.2. The van der Waals surface area contributed by atoms with Gasteiger partial charge in [-0.25, -0.2) is 0 Å². The zero-order valence-corrected chi connectivity index (χ0v) is 14.2. The fourth-order valence-corrected chi connectivity index (χ4v) is 3.97. The third kappa shape index (κ3) is 3.49. The molecular weight excluding hydrogens is 258 g/mol. The minimum Gasteiger partial charge on any atom is -0.383 e. The normalized spacial score (nSPS) is 19.2. The number of hydrogen-bond donors (Lipinski definition) is 1. The molecule has 1 aliphatic rings. The highest BCUT2D eigenvalue weighted by Crippen LogP contribution is 2.58. The van der Waals surface area contributed by atoms with Crippen LogP contribution < -0.4 is 5.32 Å². The summed E-state index contributed by atoms with van der Waals surface area (Å²) in [5.41, 5.74) is 3.75. The summed E-state index contributed by atoms with van der Waals surface area (Å²) >= 11 is 0. The number of ether oxygens (including phenoxy) is 1. The lowest BCUT2D eigenvalue weighted by Gasteiger charge is -2.57. The Labute approximate surface area is 130 Å². The first-order valence-electron chi connectivity index (χ1n) is 8.36. The molecule has 21 heavy (non-hydrogen) atoms. The molecule has 118 valence electrons. The Kier molecular flexibility index (Phi) is 5.45. The average molecular weight is 289 g/mol. The summed E-state index contributed by atoms with van der Waals surface area (Å²) in [5.74, 6) is 0. The second kappa shape index (κ2) is 6.93. The molecular formula is C19H31NO. The van der Waals surface area contributed by atoms with Crippen LogP contribution >= 0.6 is 0 Å². The Bertz CT molecular complexity index is 425. The van der Waals surface area contributed by atoms with Crippen molar-refractivity contribution < 1.29 is 4.74 Å². The summed E-state index contributed by atoms with van der Waals surface area (Å²) in [4.78, 5) is 0. The number of benzene rings is 1. The molecule has 1 N–H and O–H groups in total. The van der Waals surface area contributed by atoms with Crippen LogP contribution in [0.3, 0.4) is 0 Å². The standard InChI is InChI=1S/C19H31NO/c1-5-18(6-2)13-19(14-18,15-20-11-12-21-4)17-9-7-16(3)8-10-17/h7-10,20H,5-6,11-15H2,1-4H3. The van der Waals surface area contributed by atoms with Gasteiger partial charge in [-0.1, -0.05) is 56.5 Å². The second-order valence-electron chi connectivity index (χ2n) is 6.88. The molecule has 0 saturated heterocycles. The molecule has 1 aromatic carbocycles. The van der Waals surface area contributed by atoms with Gasteiger partial charge >= 0.3 is 0 Å². The van der Waals surface area contributed by atoms with Gasteiger partial charge in [0.05, 0.1) is 6.61 Å². The van der Waals surface area contributed by atoms with Crippen molar-refractivity contribution in [2.45, 2.75) is 51.9 Å². The van der Waals surface area contributed by atoms with Crippen molar-refractivity contribution in [1.29, 1.82) is 0 Å². The van der Waals surface area contributed by atoms with Crippen LogP contribution in [0.5, 0.6) is 0 Å². The zero-order chi connectivity index (χ0) is 15.3. The summed E-state index contributed by atoms with van der Waals surface area (Å²) < 4.78 is 5.15. The summed E-state index contributed by atoms with van der Waals surface area (Å²) in [5, 5.41) is 3.60. The molecule has 2 nitrogen and oxygen atoms in total. The third-order valence-corrected chi connectivity index (χ3v) is 5.54. The molecule has 0 radical (unpaired) electrons. The van der Waals surface area contributed by atoms with Crippen LogP contribution in [0.4, 0.5) is 0 Å². The SMILES string of the molecule is CCC1(CC)CC(CNCCOC)(c2ccc(C)cc2)C1. The summed E-state index contributed by atoms with van der Waals surface area (Å²) in [6.07, 6.45) is 5.23. The van der Waals surface area contributed by atoms with Gasteiger partial charge in [0.25, 0.3) is 0 Å². The smallest absolute Gasteiger partial charge is 0.0587 e. The molecule has 0 unspecified atom stereocenters. The minimum atomic E-state index is 0.327. The topological polar surface area (TPSA) is 21.3 Å². The average Bonchev–Trinajstić information content (AvgIpc) is 2.47. The van der Waals surface area contributed by atoms with Crippen molar-refractivity contribution in [3.05, 3.63) is 35.4 Å². The van der Waals surface area contributed by atoms with Crippen LogP contribution in [0.25, 0.3) is 0 Å². The van der Waals surface area contributed by atoms with E-state index in [-0.39, 0.29) is 0 Å². The third-order valence-electron chi connectivity index (χ3n) is 5.54. The molecule has 0 spiro atoms. The Morgan fingerprint density at radius 2 is 1.71 bits per heavy atom. The molecule has 1 fully saturated rings. The molecule has 0 amide bonds. The van der Waals surface area contributed by atoms with Gasteiger partial charge in [-0.05, 0) is 30.7 Å². The summed E-state index contributed by atoms with van der Waals surface area (Å²) in [6.45, 7) is 9.66. The first-order chi connectivity index (χ1) is 10.1. The van der Waals surface area contributed by atoms with Gasteiger partial charge in [-0.2, -0.15) is 0 Å². The highest BCUT2D eigenvalue weighted by molar-refractivity contribution is 5.33. The molecule has 0 aromatic heterocycles. The fraction of sp³-hybridized carbons (Fsp3) is 0.684. The first-order valence-corrected chi connectivity index (χ1v) is 8.36. The monoisotopic (exact) mass is 289 g/mol. The van der Waals surface area contributed by atoms with Crippen LogP contribution in [0.15, 0.2) is 24.3 Å². The van der Waals surface area contributed by atoms with Crippen molar-refractivity contribution >= 4 is 0 Å². The molecule has 1 aliphatic carbocycles. The van der Waals surface area contributed by atoms with E-state index in [0.29, 0.717) is 10.8 Å². The van der Waals surface area contributed by atoms with Crippen molar-refractivity contribution in [1.82, 2.24) is 5.32 Å². The van der Waals surface area contributed by atoms with Gasteiger partial charge < -0.3 is 10.1 Å². The van der Waals surface area contributed by atoms with E-state index in [1.54, 1.807) is 7.11 Å². The molecule has 0 aliphatic heterocycles. The number of hydrogen-bond acceptors (Lipinski definition) is 2. The maximum atomic E-state index is 5.15. The quantitative estimate of drug-likeness (QED) is 0.728. The predicted octanol–water partition coefficient (Wildman–Crippen LogP) is 4.07. The van der Waals surface area contributed by atoms with E-state index in [1.165, 1.54) is 36.8 Å². The highest BCUT2D eigenvalue weighted by Gasteiger charge is 2.52. The lowest BCUT2D eigenvalue weighted by atomic mass is 9.48. The fourth-order valence-electron chi connectivity index (χ4n) is 3.97. The predicted molar refractivity (Wildman–Crippen MR) is 89.9 cm³/mol. The number of nitrogens with one attached hydrogen (secondary N) is 1. The van der Waals surface area contributed by atoms with Gasteiger partial charge in [0.1, 0.15) is 0 Å². The van der Waals surface area contributed by atoms with Crippen molar-refractivity contribution in [3.63, 3.8) is 0 Å². The number of rotatable bonds is 8. The maximum Gasteiger partial charge on any atom is 0.0587 e. The van der Waals surface area contributed by atoms with Crippen molar-refractivity contribution in [3.8, 4) is 0 Å². The van der Waals surface area contributed by atoms with E-state index in [4.69, 9.17) is 4.74 Å². The Morgan fingerprint density at radius 3 is 2.24 bits per heavy atom. The van der Waals surface area contributed by atoms with E-state index < -0.39 is 0 Å². The van der Waals surface area contributed by atoms with E-state index in [9.17, 15) is 0 Å². The van der Waals surface area contributed by atoms with Crippen molar-refractivity contribution in [2.75, 3.05) is 26.8 Å². The largest absolute Gasteiger partial charge is 0.383 e. The van der Waals surface area contributed by atoms with Gasteiger partial charge in [0, 0.05) is 25.6 Å². The number of methoxy groups -OCH3 is 1. The molecule has 2 heteroatoms. The molecule has 2 rings (SSSR count). The lowest BCUT2D eigenvalue weighted by Crippen LogP contribution is -2.54. The number of aryl methyl sites for hydroxylation is 1. The Balaban J connectivity index is 2.10. The van der Waals surface area contributed by atoms with Gasteiger partial charge in [0.2, 0.25) is 0 Å². The Morgan fingerprint density at radius 1 is 1.10 bits per heavy atom. The Hall–Kier alpha value is -0.860. The van der Waals surface area contributed by atoms with E-state index in [0.717, 1.165) is 19.7 Å². The van der Waals surface area contributed by atoms with Crippen LogP contribution in [0, 0.1) is 12.3 Å². The summed E-state index contributed by atoms with van der Waals surface area (Å²) in [6, 6.07) is 9.18. The summed E-state index contributed by atoms with van der Waals surface area (Å²) in [7, 11) is 1.76. The van der Waals surface area contributed by atoms with Gasteiger partial charge in [-0.3, -0.25) is 0 Å². The molecule has 0 heterocycles. The molecule has 1 aromatic rings. The maximum absolute atomic E-state index is 5.15. The minimum absolute atomic E-state index is 0.327. The molecule has 0 bridgehead atoms.